The van der Waals surface area contributed by atoms with Gasteiger partial charge >= 0.3 is 0 Å². The Hall–Kier alpha value is -3.19. The van der Waals surface area contributed by atoms with E-state index in [-0.39, 0.29) is 24.3 Å². The summed E-state index contributed by atoms with van der Waals surface area (Å²) < 4.78 is 5.19. The number of ether oxygens (including phenoxy) is 1. The molecule has 2 amide bonds. The van der Waals surface area contributed by atoms with E-state index in [1.165, 1.54) is 16.0 Å². The number of methoxy groups -OCH3 is 1. The van der Waals surface area contributed by atoms with Crippen LogP contribution in [0.2, 0.25) is 5.02 Å². The highest BCUT2D eigenvalue weighted by Crippen LogP contribution is 2.32. The molecule has 0 bridgehead atoms. The van der Waals surface area contributed by atoms with Gasteiger partial charge in [-0.2, -0.15) is 0 Å². The predicted octanol–water partition coefficient (Wildman–Crippen LogP) is 4.39. The van der Waals surface area contributed by atoms with E-state index in [0.717, 1.165) is 31.2 Å². The van der Waals surface area contributed by atoms with Crippen molar-refractivity contribution in [1.82, 2.24) is 9.80 Å². The minimum atomic E-state index is -0.419. The molecule has 3 aromatic carbocycles. The van der Waals surface area contributed by atoms with Crippen LogP contribution in [-0.2, 0) is 9.59 Å². The molecule has 0 unspecified atom stereocenters. The van der Waals surface area contributed by atoms with Gasteiger partial charge in [0, 0.05) is 31.2 Å². The molecular formula is C28H28ClN3O3. The zero-order valence-electron chi connectivity index (χ0n) is 19.6. The Kier molecular flexibility index (Phi) is 6.86. The maximum absolute atomic E-state index is 13.3. The molecule has 3 aromatic rings. The highest BCUT2D eigenvalue weighted by molar-refractivity contribution is 6.30. The number of halogens is 1. The number of rotatable bonds is 6. The molecule has 0 aliphatic carbocycles. The van der Waals surface area contributed by atoms with Gasteiger partial charge in [-0.05, 0) is 47.5 Å². The quantitative estimate of drug-likeness (QED) is 0.481. The van der Waals surface area contributed by atoms with Crippen LogP contribution >= 0.6 is 11.6 Å². The Labute approximate surface area is 210 Å². The zero-order chi connectivity index (χ0) is 24.4. The number of anilines is 1. The van der Waals surface area contributed by atoms with E-state index in [9.17, 15) is 9.59 Å². The molecule has 35 heavy (non-hydrogen) atoms. The summed E-state index contributed by atoms with van der Waals surface area (Å²) in [6.45, 7) is 3.03. The first-order chi connectivity index (χ1) is 17.0. The maximum Gasteiger partial charge on any atom is 0.251 e. The van der Waals surface area contributed by atoms with Crippen LogP contribution in [0.5, 0.6) is 5.75 Å². The number of hydrogen-bond acceptors (Lipinski definition) is 5. The number of imide groups is 1. The molecule has 0 radical (unpaired) electrons. The van der Waals surface area contributed by atoms with Crippen LogP contribution in [-0.4, -0.2) is 60.9 Å². The van der Waals surface area contributed by atoms with E-state index in [1.54, 1.807) is 31.4 Å². The fourth-order valence-corrected chi connectivity index (χ4v) is 5.23. The Morgan fingerprint density at radius 2 is 1.46 bits per heavy atom. The number of carbonyl (C=O) groups is 2. The first kappa shape index (κ1) is 23.5. The van der Waals surface area contributed by atoms with Gasteiger partial charge in [0.05, 0.1) is 31.3 Å². The Morgan fingerprint density at radius 1 is 0.829 bits per heavy atom. The van der Waals surface area contributed by atoms with Gasteiger partial charge in [-0.1, -0.05) is 54.1 Å². The largest absolute Gasteiger partial charge is 0.497 e. The topological polar surface area (TPSA) is 53.1 Å². The molecule has 0 aromatic heterocycles. The molecule has 2 atom stereocenters. The fourth-order valence-electron chi connectivity index (χ4n) is 5.11. The van der Waals surface area contributed by atoms with Crippen molar-refractivity contribution < 1.29 is 14.3 Å². The van der Waals surface area contributed by atoms with Crippen LogP contribution in [0.15, 0.2) is 78.9 Å². The SMILES string of the molecule is COc1ccc(N2C(=O)C[C@H](N3CCN([C@@H](c4ccccc4)c4ccc(Cl)cc4)CC3)C2=O)cc1. The van der Waals surface area contributed by atoms with Gasteiger partial charge in [0.15, 0.2) is 0 Å². The third kappa shape index (κ3) is 4.82. The minimum absolute atomic E-state index is 0.104. The molecule has 180 valence electrons. The minimum Gasteiger partial charge on any atom is -0.497 e. The lowest BCUT2D eigenvalue weighted by Gasteiger charge is -2.41. The predicted molar refractivity (Wildman–Crippen MR) is 137 cm³/mol. The monoisotopic (exact) mass is 489 g/mol. The van der Waals surface area contributed by atoms with Crippen LogP contribution in [0.25, 0.3) is 0 Å². The van der Waals surface area contributed by atoms with Crippen molar-refractivity contribution in [3.05, 3.63) is 95.0 Å². The van der Waals surface area contributed by atoms with Crippen LogP contribution in [0, 0.1) is 0 Å². The van der Waals surface area contributed by atoms with E-state index >= 15 is 0 Å². The van der Waals surface area contributed by atoms with Crippen molar-refractivity contribution in [2.75, 3.05) is 38.2 Å². The lowest BCUT2D eigenvalue weighted by atomic mass is 9.96. The normalized spacial score (nSPS) is 20.3. The molecule has 2 aliphatic rings. The highest BCUT2D eigenvalue weighted by atomic mass is 35.5. The average Bonchev–Trinajstić information content (AvgIpc) is 3.20. The van der Waals surface area contributed by atoms with Gasteiger partial charge in [0.25, 0.3) is 5.91 Å². The van der Waals surface area contributed by atoms with Gasteiger partial charge in [-0.15, -0.1) is 0 Å². The summed E-state index contributed by atoms with van der Waals surface area (Å²) in [5, 5.41) is 0.719. The second-order valence-corrected chi connectivity index (χ2v) is 9.36. The van der Waals surface area contributed by atoms with Crippen LogP contribution in [0.4, 0.5) is 5.69 Å². The molecule has 2 heterocycles. The molecule has 2 saturated heterocycles. The van der Waals surface area contributed by atoms with Crippen molar-refractivity contribution in [1.29, 1.82) is 0 Å². The summed E-state index contributed by atoms with van der Waals surface area (Å²) in [4.78, 5) is 32.0. The van der Waals surface area contributed by atoms with Crippen molar-refractivity contribution >= 4 is 29.1 Å². The first-order valence-electron chi connectivity index (χ1n) is 11.8. The lowest BCUT2D eigenvalue weighted by Crippen LogP contribution is -2.53. The second kappa shape index (κ2) is 10.2. The summed E-state index contributed by atoms with van der Waals surface area (Å²) in [6.07, 6.45) is 0.212. The number of benzene rings is 3. The van der Waals surface area contributed by atoms with E-state index in [4.69, 9.17) is 16.3 Å². The molecule has 2 aliphatic heterocycles. The average molecular weight is 490 g/mol. The number of carbonyl (C=O) groups excluding carboxylic acids is 2. The Morgan fingerprint density at radius 3 is 2.09 bits per heavy atom. The smallest absolute Gasteiger partial charge is 0.251 e. The molecule has 0 spiro atoms. The molecule has 2 fully saturated rings. The molecule has 6 nitrogen and oxygen atoms in total. The van der Waals surface area contributed by atoms with E-state index in [2.05, 4.69) is 46.2 Å². The van der Waals surface area contributed by atoms with Crippen molar-refractivity contribution in [2.45, 2.75) is 18.5 Å². The summed E-state index contributed by atoms with van der Waals surface area (Å²) in [5.74, 6) is 0.385. The molecule has 7 heteroatoms. The van der Waals surface area contributed by atoms with E-state index in [0.29, 0.717) is 11.4 Å². The van der Waals surface area contributed by atoms with E-state index < -0.39 is 6.04 Å². The number of hydrogen-bond donors (Lipinski definition) is 0. The van der Waals surface area contributed by atoms with Gasteiger partial charge in [-0.25, -0.2) is 4.90 Å². The van der Waals surface area contributed by atoms with Gasteiger partial charge < -0.3 is 4.74 Å². The molecule has 0 saturated carbocycles. The van der Waals surface area contributed by atoms with Crippen LogP contribution < -0.4 is 9.64 Å². The first-order valence-corrected chi connectivity index (χ1v) is 12.2. The Balaban J connectivity index is 1.30. The number of piperazine rings is 1. The van der Waals surface area contributed by atoms with Crippen molar-refractivity contribution in [3.8, 4) is 5.75 Å². The standard InChI is InChI=1S/C28H28ClN3O3/c1-35-24-13-11-23(12-14-24)32-26(33)19-25(28(32)34)30-15-17-31(18-16-30)27(20-5-3-2-4-6-20)21-7-9-22(29)10-8-21/h2-14,25,27H,15-19H2,1H3/t25-,27-/m0/s1. The molecular weight excluding hydrogens is 462 g/mol. The number of amides is 2. The zero-order valence-corrected chi connectivity index (χ0v) is 20.4. The third-order valence-electron chi connectivity index (χ3n) is 6.91. The Bertz CT molecular complexity index is 1180. The fraction of sp³-hybridized carbons (Fsp3) is 0.286. The van der Waals surface area contributed by atoms with Crippen LogP contribution in [0.3, 0.4) is 0 Å². The van der Waals surface area contributed by atoms with Gasteiger partial charge in [0.1, 0.15) is 5.75 Å². The van der Waals surface area contributed by atoms with Gasteiger partial charge in [0.2, 0.25) is 5.91 Å². The summed E-state index contributed by atoms with van der Waals surface area (Å²) in [5.41, 5.74) is 3.00. The third-order valence-corrected chi connectivity index (χ3v) is 7.16. The lowest BCUT2D eigenvalue weighted by molar-refractivity contribution is -0.123. The molecule has 0 N–H and O–H groups in total. The number of nitrogens with zero attached hydrogens (tertiary/aromatic N) is 3. The molecule has 5 rings (SSSR count). The highest BCUT2D eigenvalue weighted by Gasteiger charge is 2.43. The van der Waals surface area contributed by atoms with Crippen LogP contribution in [0.1, 0.15) is 23.6 Å². The van der Waals surface area contributed by atoms with Crippen molar-refractivity contribution in [3.63, 3.8) is 0 Å². The summed E-state index contributed by atoms with van der Waals surface area (Å²) in [7, 11) is 1.59. The van der Waals surface area contributed by atoms with Gasteiger partial charge in [-0.3, -0.25) is 19.4 Å². The summed E-state index contributed by atoms with van der Waals surface area (Å²) in [6, 6.07) is 25.2. The maximum atomic E-state index is 13.3. The second-order valence-electron chi connectivity index (χ2n) is 8.92. The van der Waals surface area contributed by atoms with E-state index in [1.807, 2.05) is 18.2 Å². The van der Waals surface area contributed by atoms with Crippen molar-refractivity contribution in [2.24, 2.45) is 0 Å². The summed E-state index contributed by atoms with van der Waals surface area (Å²) >= 11 is 6.15.